The number of likely N-dealkylation sites (tertiary alicyclic amines) is 1. The summed E-state index contributed by atoms with van der Waals surface area (Å²) in [6.45, 7) is 6.40. The van der Waals surface area contributed by atoms with Crippen LogP contribution < -0.4 is 21.5 Å². The summed E-state index contributed by atoms with van der Waals surface area (Å²) in [6.07, 6.45) is 7.38. The number of aromatic nitrogens is 2. The molecule has 3 aromatic rings. The van der Waals surface area contributed by atoms with Gasteiger partial charge in [-0.05, 0) is 63.6 Å². The molecule has 2 aliphatic heterocycles. The molecule has 1 saturated heterocycles. The number of H-pyrrole nitrogens is 1. The van der Waals surface area contributed by atoms with Crippen molar-refractivity contribution in [3.05, 3.63) is 65.9 Å². The van der Waals surface area contributed by atoms with Crippen LogP contribution >= 0.6 is 0 Å². The Bertz CT molecular complexity index is 1270. The van der Waals surface area contributed by atoms with Gasteiger partial charge in [0.15, 0.2) is 23.2 Å². The number of piperidine rings is 1. The van der Waals surface area contributed by atoms with Crippen LogP contribution in [0.15, 0.2) is 59.5 Å². The number of guanidine groups is 1. The second-order valence-electron chi connectivity index (χ2n) is 9.27. The van der Waals surface area contributed by atoms with Gasteiger partial charge in [0.1, 0.15) is 11.4 Å². The molecule has 2 aliphatic rings. The molecule has 0 radical (unpaired) electrons. The van der Waals surface area contributed by atoms with E-state index >= 15 is 4.39 Å². The Morgan fingerprint density at radius 2 is 2.09 bits per heavy atom. The summed E-state index contributed by atoms with van der Waals surface area (Å²) in [5, 5.41) is 3.97. The number of nitrogens with two attached hydrogens (primary N) is 2. The fraction of sp³-hybridized carbons (Fsp3) is 0.360. The molecule has 0 aliphatic carbocycles. The first-order chi connectivity index (χ1) is 16.3. The van der Waals surface area contributed by atoms with Gasteiger partial charge in [-0.1, -0.05) is 6.07 Å². The second-order valence-corrected chi connectivity index (χ2v) is 9.27. The molecule has 6 N–H and O–H groups in total. The Morgan fingerprint density at radius 3 is 2.88 bits per heavy atom. The van der Waals surface area contributed by atoms with E-state index in [2.05, 4.69) is 39.0 Å². The van der Waals surface area contributed by atoms with Crippen molar-refractivity contribution in [3.8, 4) is 11.5 Å². The molecule has 0 bridgehead atoms. The van der Waals surface area contributed by atoms with E-state index in [9.17, 15) is 0 Å². The summed E-state index contributed by atoms with van der Waals surface area (Å²) < 4.78 is 21.0. The number of ether oxygens (including phenoxy) is 1. The van der Waals surface area contributed by atoms with Gasteiger partial charge in [-0.25, -0.2) is 14.4 Å². The molecule has 34 heavy (non-hydrogen) atoms. The molecule has 1 fully saturated rings. The quantitative estimate of drug-likeness (QED) is 0.460. The molecule has 2 aromatic heterocycles. The lowest BCUT2D eigenvalue weighted by Gasteiger charge is -2.39. The van der Waals surface area contributed by atoms with E-state index in [1.165, 1.54) is 6.07 Å². The van der Waals surface area contributed by atoms with Gasteiger partial charge in [0.2, 0.25) is 0 Å². The van der Waals surface area contributed by atoms with Crippen LogP contribution in [0.4, 0.5) is 4.39 Å². The Hall–Kier alpha value is -3.43. The van der Waals surface area contributed by atoms with Crippen molar-refractivity contribution < 1.29 is 9.13 Å². The third kappa shape index (κ3) is 4.24. The van der Waals surface area contributed by atoms with Gasteiger partial charge in [-0.2, -0.15) is 0 Å². The first-order valence-electron chi connectivity index (χ1n) is 11.6. The molecule has 2 atom stereocenters. The van der Waals surface area contributed by atoms with Crippen LogP contribution in [0.5, 0.6) is 11.5 Å². The number of pyridine rings is 1. The fourth-order valence-electron chi connectivity index (χ4n) is 4.75. The highest BCUT2D eigenvalue weighted by Crippen LogP contribution is 2.35. The summed E-state index contributed by atoms with van der Waals surface area (Å²) in [6, 6.07) is 8.67. The van der Waals surface area contributed by atoms with E-state index in [-0.39, 0.29) is 17.6 Å². The number of hydrogen-bond acceptors (Lipinski definition) is 7. The Labute approximate surface area is 197 Å². The molecule has 4 heterocycles. The average Bonchev–Trinajstić information content (AvgIpc) is 3.30. The molecule has 1 aromatic carbocycles. The Morgan fingerprint density at radius 1 is 1.24 bits per heavy atom. The van der Waals surface area contributed by atoms with Crippen LogP contribution in [0.3, 0.4) is 0 Å². The molecule has 0 spiro atoms. The van der Waals surface area contributed by atoms with Gasteiger partial charge in [0.05, 0.1) is 5.39 Å². The number of nitrogens with zero attached hydrogens (tertiary/aromatic N) is 3. The van der Waals surface area contributed by atoms with E-state index in [1.54, 1.807) is 30.6 Å². The molecule has 0 saturated carbocycles. The first-order valence-corrected chi connectivity index (χ1v) is 11.6. The minimum Gasteiger partial charge on any atom is -0.453 e. The summed E-state index contributed by atoms with van der Waals surface area (Å²) >= 11 is 0. The maximum Gasteiger partial charge on any atom is 0.195 e. The summed E-state index contributed by atoms with van der Waals surface area (Å²) in [5.74, 6) is 0.563. The number of hydrogen-bond donors (Lipinski definition) is 4. The third-order valence-electron chi connectivity index (χ3n) is 6.61. The highest BCUT2D eigenvalue weighted by Gasteiger charge is 2.34. The lowest BCUT2D eigenvalue weighted by molar-refractivity contribution is 0.151. The van der Waals surface area contributed by atoms with E-state index in [4.69, 9.17) is 16.2 Å². The first kappa shape index (κ1) is 22.4. The molecule has 8 nitrogen and oxygen atoms in total. The van der Waals surface area contributed by atoms with Crippen LogP contribution in [0.2, 0.25) is 0 Å². The SMILES string of the molecule is CC(C)N1CCCC(C2=CC(N)(c3ccc(Oc4ccnc5[nH]ccc45)c(F)c3)N=C(N)N2)C1. The van der Waals surface area contributed by atoms with Crippen molar-refractivity contribution in [1.82, 2.24) is 20.2 Å². The summed E-state index contributed by atoms with van der Waals surface area (Å²) in [5.41, 5.74) is 13.6. The summed E-state index contributed by atoms with van der Waals surface area (Å²) in [7, 11) is 0. The number of nitrogens with one attached hydrogen (secondary N) is 2. The van der Waals surface area contributed by atoms with Crippen molar-refractivity contribution in [2.24, 2.45) is 22.4 Å². The summed E-state index contributed by atoms with van der Waals surface area (Å²) in [4.78, 5) is 14.1. The fourth-order valence-corrected chi connectivity index (χ4v) is 4.75. The standard InChI is InChI=1S/C25H30FN7O/c1-15(2)33-11-3-4-16(14-33)20-13-25(28,32-24(27)31-20)17-5-6-22(19(26)12-17)34-21-8-10-30-23-18(21)7-9-29-23/h5-10,12-13,15-16H,3-4,11,14,28H2,1-2H3,(H,29,30)(H3,27,31,32). The minimum absolute atomic E-state index is 0.0935. The average molecular weight is 464 g/mol. The maximum absolute atomic E-state index is 15.1. The normalized spacial score (nSPS) is 23.5. The number of halogens is 1. The number of aromatic amines is 1. The van der Waals surface area contributed by atoms with Gasteiger partial charge >= 0.3 is 0 Å². The van der Waals surface area contributed by atoms with Crippen LogP contribution in [-0.2, 0) is 5.66 Å². The van der Waals surface area contributed by atoms with Gasteiger partial charge < -0.3 is 25.7 Å². The van der Waals surface area contributed by atoms with E-state index in [0.717, 1.165) is 37.0 Å². The molecule has 2 unspecified atom stereocenters. The highest BCUT2D eigenvalue weighted by atomic mass is 19.1. The lowest BCUT2D eigenvalue weighted by Crippen LogP contribution is -2.49. The van der Waals surface area contributed by atoms with Crippen molar-refractivity contribution in [1.29, 1.82) is 0 Å². The number of benzene rings is 1. The second kappa shape index (κ2) is 8.73. The van der Waals surface area contributed by atoms with Crippen molar-refractivity contribution in [3.63, 3.8) is 0 Å². The van der Waals surface area contributed by atoms with Crippen LogP contribution in [0.25, 0.3) is 11.0 Å². The zero-order valence-electron chi connectivity index (χ0n) is 19.4. The lowest BCUT2D eigenvalue weighted by atomic mass is 9.89. The Kier molecular flexibility index (Phi) is 5.75. The monoisotopic (exact) mass is 463 g/mol. The minimum atomic E-state index is -1.27. The van der Waals surface area contributed by atoms with Crippen molar-refractivity contribution >= 4 is 17.0 Å². The number of rotatable bonds is 5. The maximum atomic E-state index is 15.1. The van der Waals surface area contributed by atoms with E-state index in [0.29, 0.717) is 23.0 Å². The largest absolute Gasteiger partial charge is 0.453 e. The van der Waals surface area contributed by atoms with E-state index < -0.39 is 11.5 Å². The van der Waals surface area contributed by atoms with Gasteiger partial charge in [-0.3, -0.25) is 5.73 Å². The van der Waals surface area contributed by atoms with Crippen LogP contribution in [0.1, 0.15) is 32.3 Å². The highest BCUT2D eigenvalue weighted by molar-refractivity contribution is 5.83. The zero-order chi connectivity index (χ0) is 23.9. The molecule has 5 rings (SSSR count). The third-order valence-corrected chi connectivity index (χ3v) is 6.61. The van der Waals surface area contributed by atoms with E-state index in [1.807, 2.05) is 12.1 Å². The number of aliphatic imine (C=N–C) groups is 1. The smallest absolute Gasteiger partial charge is 0.195 e. The zero-order valence-corrected chi connectivity index (χ0v) is 19.4. The number of fused-ring (bicyclic) bond motifs is 1. The molecule has 9 heteroatoms. The molecular formula is C25H30FN7O. The topological polar surface area (TPSA) is 118 Å². The van der Waals surface area contributed by atoms with Gasteiger partial charge in [-0.15, -0.1) is 0 Å². The van der Waals surface area contributed by atoms with Gasteiger partial charge in [0, 0.05) is 42.2 Å². The molecule has 178 valence electrons. The van der Waals surface area contributed by atoms with Gasteiger partial charge in [0.25, 0.3) is 0 Å². The van der Waals surface area contributed by atoms with Crippen LogP contribution in [0, 0.1) is 11.7 Å². The Balaban J connectivity index is 1.42. The predicted molar refractivity (Wildman–Crippen MR) is 131 cm³/mol. The molecular weight excluding hydrogens is 433 g/mol. The van der Waals surface area contributed by atoms with Crippen molar-refractivity contribution in [2.45, 2.75) is 38.4 Å². The van der Waals surface area contributed by atoms with Crippen LogP contribution in [-0.4, -0.2) is 40.0 Å². The molecule has 0 amide bonds. The van der Waals surface area contributed by atoms with Crippen molar-refractivity contribution in [2.75, 3.05) is 13.1 Å². The predicted octanol–water partition coefficient (Wildman–Crippen LogP) is 3.53.